The summed E-state index contributed by atoms with van der Waals surface area (Å²) >= 11 is 0. The molecule has 21 heavy (non-hydrogen) atoms. The highest BCUT2D eigenvalue weighted by molar-refractivity contribution is 5.95. The van der Waals surface area contributed by atoms with E-state index in [0.29, 0.717) is 18.2 Å². The number of rotatable bonds is 5. The van der Waals surface area contributed by atoms with Crippen LogP contribution in [0.25, 0.3) is 0 Å². The maximum atomic E-state index is 13.6. The largest absolute Gasteiger partial charge is 0.384 e. The van der Waals surface area contributed by atoms with E-state index in [-0.39, 0.29) is 11.7 Å². The topological polar surface area (TPSA) is 56.4 Å². The molecule has 0 unspecified atom stereocenters. The summed E-state index contributed by atoms with van der Waals surface area (Å²) in [6, 6.07) is 5.19. The number of nitrogen functional groups attached to an aromatic ring is 1. The van der Waals surface area contributed by atoms with Gasteiger partial charge in [-0.25, -0.2) is 4.39 Å². The number of likely N-dealkylation sites (tertiary alicyclic amines) is 1. The predicted molar refractivity (Wildman–Crippen MR) is 84.0 cm³/mol. The maximum absolute atomic E-state index is 13.6. The molecular weight excluding hydrogens is 267 g/mol. The molecule has 1 saturated heterocycles. The van der Waals surface area contributed by atoms with Gasteiger partial charge in [0.1, 0.15) is 11.7 Å². The van der Waals surface area contributed by atoms with E-state index < -0.39 is 0 Å². The molecule has 4 nitrogen and oxygen atoms in total. The molecule has 116 valence electrons. The van der Waals surface area contributed by atoms with Gasteiger partial charge in [-0.1, -0.05) is 6.92 Å². The number of hydrogen-bond donors (Lipinski definition) is 2. The summed E-state index contributed by atoms with van der Waals surface area (Å²) in [5.74, 6) is -0.415. The quantitative estimate of drug-likeness (QED) is 0.645. The van der Waals surface area contributed by atoms with E-state index in [4.69, 9.17) is 11.1 Å². The average molecular weight is 292 g/mol. The van der Waals surface area contributed by atoms with Crippen LogP contribution < -0.4 is 5.73 Å². The molecule has 2 rings (SSSR count). The van der Waals surface area contributed by atoms with Crippen molar-refractivity contribution in [2.75, 3.05) is 26.7 Å². The molecule has 0 aliphatic carbocycles. The number of amidine groups is 1. The zero-order valence-electron chi connectivity index (χ0n) is 12.9. The first-order valence-corrected chi connectivity index (χ1v) is 7.56. The van der Waals surface area contributed by atoms with Crippen molar-refractivity contribution in [2.24, 2.45) is 5.73 Å². The summed E-state index contributed by atoms with van der Waals surface area (Å²) in [5, 5.41) is 7.44. The second-order valence-corrected chi connectivity index (χ2v) is 5.84. The lowest BCUT2D eigenvalue weighted by Gasteiger charge is -2.36. The lowest BCUT2D eigenvalue weighted by atomic mass is 10.0. The molecule has 0 radical (unpaired) electrons. The normalized spacial score (nSPS) is 17.3. The first kappa shape index (κ1) is 15.9. The lowest BCUT2D eigenvalue weighted by molar-refractivity contribution is 0.127. The Morgan fingerprint density at radius 3 is 2.62 bits per heavy atom. The van der Waals surface area contributed by atoms with E-state index in [1.54, 1.807) is 0 Å². The molecule has 1 aliphatic heterocycles. The maximum Gasteiger partial charge on any atom is 0.124 e. The van der Waals surface area contributed by atoms with Crippen molar-refractivity contribution < 1.29 is 4.39 Å². The van der Waals surface area contributed by atoms with Crippen LogP contribution in [0.3, 0.4) is 0 Å². The lowest BCUT2D eigenvalue weighted by Crippen LogP contribution is -2.42. The Balaban J connectivity index is 1.99. The second-order valence-electron chi connectivity index (χ2n) is 5.84. The highest BCUT2D eigenvalue weighted by Gasteiger charge is 2.21. The molecule has 0 amide bonds. The van der Waals surface area contributed by atoms with Crippen LogP contribution in [0.1, 0.15) is 30.9 Å². The molecule has 1 aliphatic rings. The Hall–Kier alpha value is -1.46. The van der Waals surface area contributed by atoms with E-state index in [1.807, 2.05) is 6.07 Å². The predicted octanol–water partition coefficient (Wildman–Crippen LogP) is 2.03. The number of nitrogens with zero attached hydrogens (tertiary/aromatic N) is 2. The van der Waals surface area contributed by atoms with Crippen molar-refractivity contribution >= 4 is 5.84 Å². The van der Waals surface area contributed by atoms with E-state index in [0.717, 1.165) is 38.0 Å². The van der Waals surface area contributed by atoms with Gasteiger partial charge in [0.15, 0.2) is 0 Å². The number of halogens is 1. The third-order valence-electron chi connectivity index (χ3n) is 4.33. The number of nitrogens with one attached hydrogen (secondary N) is 1. The molecule has 0 spiro atoms. The number of benzene rings is 1. The number of hydrogen-bond acceptors (Lipinski definition) is 3. The van der Waals surface area contributed by atoms with E-state index in [9.17, 15) is 4.39 Å². The van der Waals surface area contributed by atoms with E-state index >= 15 is 0 Å². The Morgan fingerprint density at radius 1 is 1.38 bits per heavy atom. The summed E-state index contributed by atoms with van der Waals surface area (Å²) in [6.45, 7) is 6.26. The first-order valence-electron chi connectivity index (χ1n) is 7.56. The van der Waals surface area contributed by atoms with Gasteiger partial charge in [-0.05, 0) is 63.3 Å². The van der Waals surface area contributed by atoms with Crippen molar-refractivity contribution in [1.29, 1.82) is 5.41 Å². The van der Waals surface area contributed by atoms with Crippen LogP contribution in [0.2, 0.25) is 0 Å². The molecule has 5 heteroatoms. The summed E-state index contributed by atoms with van der Waals surface area (Å²) in [7, 11) is 2.09. The van der Waals surface area contributed by atoms with Gasteiger partial charge < -0.3 is 10.6 Å². The van der Waals surface area contributed by atoms with Crippen LogP contribution in [0.4, 0.5) is 4.39 Å². The monoisotopic (exact) mass is 292 g/mol. The minimum absolute atomic E-state index is 0.0883. The van der Waals surface area contributed by atoms with Gasteiger partial charge in [-0.15, -0.1) is 0 Å². The summed E-state index contributed by atoms with van der Waals surface area (Å²) in [4.78, 5) is 4.74. The molecule has 1 heterocycles. The van der Waals surface area contributed by atoms with Crippen LogP contribution in [0.15, 0.2) is 18.2 Å². The number of nitrogens with two attached hydrogens (primary N) is 1. The average Bonchev–Trinajstić information content (AvgIpc) is 2.46. The van der Waals surface area contributed by atoms with Crippen LogP contribution in [-0.4, -0.2) is 48.4 Å². The Kier molecular flexibility index (Phi) is 5.31. The molecule has 0 atom stereocenters. The van der Waals surface area contributed by atoms with Crippen LogP contribution >= 0.6 is 0 Å². The smallest absolute Gasteiger partial charge is 0.124 e. The van der Waals surface area contributed by atoms with Gasteiger partial charge in [0.05, 0.1) is 0 Å². The minimum atomic E-state index is -0.327. The molecule has 0 saturated carbocycles. The summed E-state index contributed by atoms with van der Waals surface area (Å²) in [5.41, 5.74) is 6.79. The van der Waals surface area contributed by atoms with Gasteiger partial charge in [-0.2, -0.15) is 0 Å². The van der Waals surface area contributed by atoms with Crippen molar-refractivity contribution in [3.63, 3.8) is 0 Å². The van der Waals surface area contributed by atoms with Crippen molar-refractivity contribution in [3.05, 3.63) is 35.1 Å². The molecule has 0 bridgehead atoms. The van der Waals surface area contributed by atoms with E-state index in [1.165, 1.54) is 12.1 Å². The van der Waals surface area contributed by atoms with Gasteiger partial charge in [-0.3, -0.25) is 10.3 Å². The Morgan fingerprint density at radius 2 is 2.05 bits per heavy atom. The fourth-order valence-corrected chi connectivity index (χ4v) is 2.99. The third-order valence-corrected chi connectivity index (χ3v) is 4.33. The summed E-state index contributed by atoms with van der Waals surface area (Å²) < 4.78 is 13.6. The fourth-order valence-electron chi connectivity index (χ4n) is 2.99. The van der Waals surface area contributed by atoms with Gasteiger partial charge in [0.25, 0.3) is 0 Å². The zero-order chi connectivity index (χ0) is 15.4. The number of piperidine rings is 1. The molecule has 1 fully saturated rings. The van der Waals surface area contributed by atoms with Gasteiger partial charge in [0, 0.05) is 18.2 Å². The molecule has 0 aromatic heterocycles. The van der Waals surface area contributed by atoms with Crippen LogP contribution in [0, 0.1) is 11.2 Å². The van der Waals surface area contributed by atoms with Crippen LogP contribution in [-0.2, 0) is 6.54 Å². The second kappa shape index (κ2) is 7.00. The molecule has 3 N–H and O–H groups in total. The van der Waals surface area contributed by atoms with Crippen LogP contribution in [0.5, 0.6) is 0 Å². The fraction of sp³-hybridized carbons (Fsp3) is 0.562. The Labute approximate surface area is 126 Å². The summed E-state index contributed by atoms with van der Waals surface area (Å²) in [6.07, 6.45) is 2.30. The van der Waals surface area contributed by atoms with Crippen molar-refractivity contribution in [2.45, 2.75) is 32.4 Å². The molecule has 1 aromatic rings. The van der Waals surface area contributed by atoms with Crippen molar-refractivity contribution in [1.82, 2.24) is 9.80 Å². The first-order chi connectivity index (χ1) is 9.99. The highest BCUT2D eigenvalue weighted by Crippen LogP contribution is 2.18. The standard InChI is InChI=1S/C16H25FN4/c1-3-21-6-4-15(5-7-21)20(2)11-12-8-13(16(18)19)10-14(17)9-12/h8-10,15H,3-7,11H2,1-2H3,(H3,18,19). The Bertz CT molecular complexity index is 495. The zero-order valence-corrected chi connectivity index (χ0v) is 12.9. The van der Waals surface area contributed by atoms with Gasteiger partial charge >= 0.3 is 0 Å². The SMILES string of the molecule is CCN1CCC(N(C)Cc2cc(F)cc(C(=N)N)c2)CC1. The highest BCUT2D eigenvalue weighted by atomic mass is 19.1. The third kappa shape index (κ3) is 4.25. The van der Waals surface area contributed by atoms with E-state index in [2.05, 4.69) is 23.8 Å². The van der Waals surface area contributed by atoms with Gasteiger partial charge in [0.2, 0.25) is 0 Å². The minimum Gasteiger partial charge on any atom is -0.384 e. The molecule has 1 aromatic carbocycles. The van der Waals surface area contributed by atoms with Crippen molar-refractivity contribution in [3.8, 4) is 0 Å². The molecular formula is C16H25FN4.